The molecule has 1 amide bonds. The van der Waals surface area contributed by atoms with E-state index in [4.69, 9.17) is 4.74 Å². The number of ether oxygens (including phenoxy) is 1. The minimum Gasteiger partial charge on any atom is -0.494 e. The van der Waals surface area contributed by atoms with Crippen LogP contribution in [-0.4, -0.2) is 24.0 Å². The third-order valence-electron chi connectivity index (χ3n) is 5.22. The van der Waals surface area contributed by atoms with Crippen LogP contribution in [-0.2, 0) is 5.66 Å². The molecular formula is C23H30N2O2. The van der Waals surface area contributed by atoms with Crippen LogP contribution in [0.4, 0.5) is 5.69 Å². The number of para-hydroxylation sites is 1. The average molecular weight is 367 g/mol. The minimum absolute atomic E-state index is 0.0811. The van der Waals surface area contributed by atoms with Crippen molar-refractivity contribution in [3.8, 4) is 5.75 Å². The van der Waals surface area contributed by atoms with Gasteiger partial charge in [0.05, 0.1) is 12.2 Å². The summed E-state index contributed by atoms with van der Waals surface area (Å²) in [6.07, 6.45) is 4.16. The van der Waals surface area contributed by atoms with Crippen LogP contribution in [0.3, 0.4) is 0 Å². The van der Waals surface area contributed by atoms with Gasteiger partial charge in [-0.1, -0.05) is 51.0 Å². The van der Waals surface area contributed by atoms with E-state index in [1.165, 1.54) is 0 Å². The Morgan fingerprint density at radius 3 is 2.59 bits per heavy atom. The molecule has 0 aliphatic carbocycles. The zero-order valence-corrected chi connectivity index (χ0v) is 16.6. The monoisotopic (exact) mass is 366 g/mol. The highest BCUT2D eigenvalue weighted by molar-refractivity contribution is 6.02. The van der Waals surface area contributed by atoms with Crippen LogP contribution < -0.4 is 10.1 Å². The Labute approximate surface area is 162 Å². The second kappa shape index (κ2) is 8.47. The second-order valence-electron chi connectivity index (χ2n) is 7.28. The Bertz CT molecular complexity index is 789. The van der Waals surface area contributed by atoms with Gasteiger partial charge in [0.2, 0.25) is 0 Å². The number of unbranched alkanes of at least 4 members (excludes halogenated alkanes) is 2. The normalized spacial score (nSPS) is 18.8. The number of carbonyl (C=O) groups is 1. The molecule has 0 saturated carbocycles. The van der Waals surface area contributed by atoms with Crippen molar-refractivity contribution in [2.75, 3.05) is 18.5 Å². The predicted octanol–water partition coefficient (Wildman–Crippen LogP) is 5.41. The number of benzene rings is 2. The zero-order valence-electron chi connectivity index (χ0n) is 16.6. The molecule has 1 N–H and O–H groups in total. The maximum absolute atomic E-state index is 13.3. The highest BCUT2D eigenvalue weighted by Crippen LogP contribution is 2.38. The quantitative estimate of drug-likeness (QED) is 0.636. The van der Waals surface area contributed by atoms with E-state index in [0.717, 1.165) is 48.2 Å². The van der Waals surface area contributed by atoms with Gasteiger partial charge < -0.3 is 15.0 Å². The molecule has 0 radical (unpaired) electrons. The van der Waals surface area contributed by atoms with Gasteiger partial charge in [-0.2, -0.15) is 0 Å². The summed E-state index contributed by atoms with van der Waals surface area (Å²) >= 11 is 0. The van der Waals surface area contributed by atoms with Gasteiger partial charge in [-0.25, -0.2) is 0 Å². The smallest absolute Gasteiger partial charge is 0.258 e. The van der Waals surface area contributed by atoms with E-state index in [2.05, 4.69) is 38.2 Å². The Kier molecular flexibility index (Phi) is 6.04. The van der Waals surface area contributed by atoms with Gasteiger partial charge in [0, 0.05) is 17.8 Å². The Morgan fingerprint density at radius 2 is 1.81 bits per heavy atom. The summed E-state index contributed by atoms with van der Waals surface area (Å²) in [5, 5.41) is 3.62. The number of hydrogen-bond donors (Lipinski definition) is 1. The van der Waals surface area contributed by atoms with Crippen molar-refractivity contribution in [2.24, 2.45) is 0 Å². The maximum Gasteiger partial charge on any atom is 0.258 e. The van der Waals surface area contributed by atoms with Gasteiger partial charge in [-0.15, -0.1) is 0 Å². The summed E-state index contributed by atoms with van der Waals surface area (Å²) in [5.74, 6) is 0.934. The average Bonchev–Trinajstić information content (AvgIpc) is 2.68. The van der Waals surface area contributed by atoms with Crippen LogP contribution in [0.2, 0.25) is 0 Å². The molecule has 4 nitrogen and oxygen atoms in total. The van der Waals surface area contributed by atoms with Crippen LogP contribution in [0.15, 0.2) is 48.5 Å². The number of carbonyl (C=O) groups excluding carboxylic acids is 1. The SMILES string of the molecule is CCCCOc1cccc(C2(C)Nc3ccccc3C(=O)N2CCCC)c1. The van der Waals surface area contributed by atoms with Gasteiger partial charge in [-0.05, 0) is 44.0 Å². The van der Waals surface area contributed by atoms with E-state index in [9.17, 15) is 4.79 Å². The van der Waals surface area contributed by atoms with Crippen LogP contribution in [0.25, 0.3) is 0 Å². The molecule has 0 aromatic heterocycles. The fourth-order valence-electron chi connectivity index (χ4n) is 3.55. The van der Waals surface area contributed by atoms with Crippen LogP contribution in [0, 0.1) is 0 Å². The highest BCUT2D eigenvalue weighted by Gasteiger charge is 2.42. The molecule has 1 atom stereocenters. The van der Waals surface area contributed by atoms with E-state index in [1.807, 2.05) is 41.3 Å². The van der Waals surface area contributed by atoms with Crippen molar-refractivity contribution in [2.45, 2.75) is 52.1 Å². The number of anilines is 1. The second-order valence-corrected chi connectivity index (χ2v) is 7.28. The van der Waals surface area contributed by atoms with Gasteiger partial charge in [-0.3, -0.25) is 4.79 Å². The van der Waals surface area contributed by atoms with Gasteiger partial charge in [0.25, 0.3) is 5.91 Å². The third kappa shape index (κ3) is 3.95. The van der Waals surface area contributed by atoms with E-state index >= 15 is 0 Å². The third-order valence-corrected chi connectivity index (χ3v) is 5.22. The van der Waals surface area contributed by atoms with Gasteiger partial charge >= 0.3 is 0 Å². The lowest BCUT2D eigenvalue weighted by Crippen LogP contribution is -2.56. The topological polar surface area (TPSA) is 41.6 Å². The lowest BCUT2D eigenvalue weighted by Gasteiger charge is -2.47. The number of fused-ring (bicyclic) bond motifs is 1. The molecule has 27 heavy (non-hydrogen) atoms. The molecule has 1 aliphatic heterocycles. The molecule has 1 aliphatic rings. The molecule has 0 saturated heterocycles. The first kappa shape index (κ1) is 19.3. The fourth-order valence-corrected chi connectivity index (χ4v) is 3.55. The number of nitrogens with zero attached hydrogens (tertiary/aromatic N) is 1. The van der Waals surface area contributed by atoms with E-state index in [-0.39, 0.29) is 5.91 Å². The molecule has 4 heteroatoms. The first-order valence-corrected chi connectivity index (χ1v) is 10.0. The largest absolute Gasteiger partial charge is 0.494 e. The number of nitrogens with one attached hydrogen (secondary N) is 1. The molecule has 0 bridgehead atoms. The van der Waals surface area contributed by atoms with E-state index < -0.39 is 5.66 Å². The molecule has 144 valence electrons. The first-order valence-electron chi connectivity index (χ1n) is 10.0. The summed E-state index contributed by atoms with van der Waals surface area (Å²) in [7, 11) is 0. The first-order chi connectivity index (χ1) is 13.1. The van der Waals surface area contributed by atoms with Crippen molar-refractivity contribution in [3.05, 3.63) is 59.7 Å². The fraction of sp³-hybridized carbons (Fsp3) is 0.435. The number of amides is 1. The van der Waals surface area contributed by atoms with Crippen molar-refractivity contribution < 1.29 is 9.53 Å². The summed E-state index contributed by atoms with van der Waals surface area (Å²) in [6, 6.07) is 15.9. The summed E-state index contributed by atoms with van der Waals surface area (Å²) in [6.45, 7) is 7.82. The van der Waals surface area contributed by atoms with Gasteiger partial charge in [0.1, 0.15) is 11.4 Å². The Hall–Kier alpha value is -2.49. The molecule has 0 spiro atoms. The zero-order chi connectivity index (χ0) is 19.3. The summed E-state index contributed by atoms with van der Waals surface area (Å²) in [4.78, 5) is 15.2. The van der Waals surface area contributed by atoms with Crippen LogP contribution >= 0.6 is 0 Å². The standard InChI is InChI=1S/C23H30N2O2/c1-4-6-15-25-22(26)20-13-8-9-14-21(20)24-23(25,3)18-11-10-12-19(17-18)27-16-7-5-2/h8-14,17,24H,4-7,15-16H2,1-3H3. The highest BCUT2D eigenvalue weighted by atomic mass is 16.5. The summed E-state index contributed by atoms with van der Waals surface area (Å²) < 4.78 is 5.90. The van der Waals surface area contributed by atoms with Gasteiger partial charge in [0.15, 0.2) is 0 Å². The molecule has 1 unspecified atom stereocenters. The predicted molar refractivity (Wildman–Crippen MR) is 110 cm³/mol. The van der Waals surface area contributed by atoms with E-state index in [0.29, 0.717) is 13.2 Å². The molecule has 3 rings (SSSR count). The molecule has 0 fully saturated rings. The molecule has 1 heterocycles. The van der Waals surface area contributed by atoms with Crippen molar-refractivity contribution in [1.29, 1.82) is 0 Å². The van der Waals surface area contributed by atoms with Crippen molar-refractivity contribution in [3.63, 3.8) is 0 Å². The lowest BCUT2D eigenvalue weighted by molar-refractivity contribution is 0.0530. The Morgan fingerprint density at radius 1 is 1.04 bits per heavy atom. The molecule has 2 aromatic carbocycles. The van der Waals surface area contributed by atoms with E-state index in [1.54, 1.807) is 0 Å². The lowest BCUT2D eigenvalue weighted by atomic mass is 9.93. The van der Waals surface area contributed by atoms with Crippen molar-refractivity contribution in [1.82, 2.24) is 4.90 Å². The van der Waals surface area contributed by atoms with Crippen molar-refractivity contribution >= 4 is 11.6 Å². The summed E-state index contributed by atoms with van der Waals surface area (Å²) in [5.41, 5.74) is 2.05. The van der Waals surface area contributed by atoms with Crippen LogP contribution in [0.1, 0.15) is 62.4 Å². The number of hydrogen-bond acceptors (Lipinski definition) is 3. The Balaban J connectivity index is 1.97. The maximum atomic E-state index is 13.3. The minimum atomic E-state index is -0.606. The van der Waals surface area contributed by atoms with Crippen LogP contribution in [0.5, 0.6) is 5.75 Å². The molecular weight excluding hydrogens is 336 g/mol. The number of rotatable bonds is 8. The molecule has 2 aromatic rings.